The molecule has 2 aromatic rings. The number of aromatic nitrogens is 1. The van der Waals surface area contributed by atoms with E-state index in [1.54, 1.807) is 12.1 Å². The first kappa shape index (κ1) is 11.3. The molecule has 0 radical (unpaired) electrons. The van der Waals surface area contributed by atoms with Crippen LogP contribution in [0.2, 0.25) is 0 Å². The fraction of sp³-hybridized carbons (Fsp3) is 0.333. The molecule has 4 heteroatoms. The number of rotatable bonds is 0. The average Bonchev–Trinajstić information content (AvgIpc) is 2.54. The first-order valence-corrected chi connectivity index (χ1v) is 5.32. The van der Waals surface area contributed by atoms with Crippen molar-refractivity contribution < 1.29 is 5.11 Å². The van der Waals surface area contributed by atoms with Crippen LogP contribution >= 0.6 is 12.4 Å². The minimum atomic E-state index is 0. The molecule has 3 nitrogen and oxygen atoms in total. The fourth-order valence-corrected chi connectivity index (χ4v) is 2.44. The number of aromatic hydroxyl groups is 1. The zero-order valence-electron chi connectivity index (χ0n) is 8.86. The summed E-state index contributed by atoms with van der Waals surface area (Å²) in [5.74, 6) is 0.311. The number of phenolic OH excluding ortho intramolecular Hbond substituents is 1. The maximum atomic E-state index is 9.40. The Balaban J connectivity index is 0.000000963. The Kier molecular flexibility index (Phi) is 2.82. The normalized spacial score (nSPS) is 19.2. The zero-order chi connectivity index (χ0) is 10.4. The van der Waals surface area contributed by atoms with Crippen LogP contribution in [0.5, 0.6) is 5.75 Å². The van der Waals surface area contributed by atoms with Crippen LogP contribution in [-0.2, 0) is 12.8 Å². The van der Waals surface area contributed by atoms with E-state index in [-0.39, 0.29) is 18.4 Å². The van der Waals surface area contributed by atoms with Crippen LogP contribution in [0.25, 0.3) is 10.9 Å². The number of benzene rings is 1. The smallest absolute Gasteiger partial charge is 0.117 e. The molecule has 1 atom stereocenters. The Bertz CT molecular complexity index is 521. The second-order valence-corrected chi connectivity index (χ2v) is 4.31. The van der Waals surface area contributed by atoms with Crippen LogP contribution in [-0.4, -0.2) is 16.1 Å². The summed E-state index contributed by atoms with van der Waals surface area (Å²) >= 11 is 0. The lowest BCUT2D eigenvalue weighted by atomic mass is 9.92. The summed E-state index contributed by atoms with van der Waals surface area (Å²) in [5.41, 5.74) is 9.61. The molecule has 0 saturated carbocycles. The van der Waals surface area contributed by atoms with Gasteiger partial charge in [0.1, 0.15) is 5.75 Å². The third kappa shape index (κ3) is 1.66. The lowest BCUT2D eigenvalue weighted by Gasteiger charge is -2.17. The van der Waals surface area contributed by atoms with E-state index in [0.717, 1.165) is 24.8 Å². The standard InChI is InChI=1S/C12H14N2O.ClH/c13-7-1-4-11-10(5-7)9-3-2-8(15)6-12(9)14-11;/h2-3,6-7,14-15H,1,4-5,13H2;1H. The molecule has 4 N–H and O–H groups in total. The van der Waals surface area contributed by atoms with E-state index in [1.807, 2.05) is 6.07 Å². The Hall–Kier alpha value is -1.19. The lowest BCUT2D eigenvalue weighted by molar-refractivity contribution is 0.476. The molecule has 0 spiro atoms. The molecular formula is C12H15ClN2O. The van der Waals surface area contributed by atoms with Crippen LogP contribution in [0.4, 0.5) is 0 Å². The van der Waals surface area contributed by atoms with Crippen LogP contribution in [0, 0.1) is 0 Å². The first-order chi connectivity index (χ1) is 7.24. The van der Waals surface area contributed by atoms with Crippen LogP contribution in [0.1, 0.15) is 17.7 Å². The predicted molar refractivity (Wildman–Crippen MR) is 67.2 cm³/mol. The number of nitrogens with one attached hydrogen (secondary N) is 1. The van der Waals surface area contributed by atoms with E-state index in [0.29, 0.717) is 5.75 Å². The molecule has 1 aromatic carbocycles. The predicted octanol–water partition coefficient (Wildman–Crippen LogP) is 2.11. The molecule has 1 unspecified atom stereocenters. The summed E-state index contributed by atoms with van der Waals surface area (Å²) in [6.07, 6.45) is 3.01. The number of aryl methyl sites for hydroxylation is 1. The number of H-pyrrole nitrogens is 1. The quantitative estimate of drug-likeness (QED) is 0.658. The van der Waals surface area contributed by atoms with Crippen molar-refractivity contribution in [3.63, 3.8) is 0 Å². The lowest BCUT2D eigenvalue weighted by Crippen LogP contribution is -2.27. The molecule has 0 fully saturated rings. The summed E-state index contributed by atoms with van der Waals surface area (Å²) in [6, 6.07) is 5.76. The van der Waals surface area contributed by atoms with E-state index >= 15 is 0 Å². The van der Waals surface area contributed by atoms with Gasteiger partial charge in [-0.25, -0.2) is 0 Å². The number of aromatic amines is 1. The van der Waals surface area contributed by atoms with Gasteiger partial charge in [0.25, 0.3) is 0 Å². The van der Waals surface area contributed by atoms with Gasteiger partial charge in [-0.05, 0) is 37.0 Å². The molecule has 0 bridgehead atoms. The molecule has 1 aliphatic carbocycles. The molecule has 16 heavy (non-hydrogen) atoms. The highest BCUT2D eigenvalue weighted by Crippen LogP contribution is 2.30. The van der Waals surface area contributed by atoms with Crippen molar-refractivity contribution in [1.29, 1.82) is 0 Å². The van der Waals surface area contributed by atoms with E-state index in [1.165, 1.54) is 16.6 Å². The highest BCUT2D eigenvalue weighted by molar-refractivity contribution is 5.86. The highest BCUT2D eigenvalue weighted by Gasteiger charge is 2.19. The van der Waals surface area contributed by atoms with Crippen LogP contribution in [0.15, 0.2) is 18.2 Å². The van der Waals surface area contributed by atoms with Crippen molar-refractivity contribution in [3.8, 4) is 5.75 Å². The summed E-state index contributed by atoms with van der Waals surface area (Å²) in [7, 11) is 0. The van der Waals surface area contributed by atoms with E-state index in [9.17, 15) is 5.11 Å². The Morgan fingerprint density at radius 3 is 3.00 bits per heavy atom. The Labute approximate surface area is 100 Å². The number of hydrogen-bond acceptors (Lipinski definition) is 2. The van der Waals surface area contributed by atoms with E-state index < -0.39 is 0 Å². The van der Waals surface area contributed by atoms with Gasteiger partial charge >= 0.3 is 0 Å². The largest absolute Gasteiger partial charge is 0.508 e. The van der Waals surface area contributed by atoms with Gasteiger partial charge in [0, 0.05) is 28.7 Å². The SMILES string of the molecule is Cl.NC1CCc2[nH]c3cc(O)ccc3c2C1. The number of nitrogens with two attached hydrogens (primary N) is 1. The molecule has 3 rings (SSSR count). The van der Waals surface area contributed by atoms with Crippen molar-refractivity contribution in [2.45, 2.75) is 25.3 Å². The van der Waals surface area contributed by atoms with Gasteiger partial charge in [-0.15, -0.1) is 12.4 Å². The summed E-state index contributed by atoms with van der Waals surface area (Å²) in [5, 5.41) is 10.6. The molecule has 1 heterocycles. The number of halogens is 1. The van der Waals surface area contributed by atoms with Crippen molar-refractivity contribution in [2.75, 3.05) is 0 Å². The molecule has 0 saturated heterocycles. The number of fused-ring (bicyclic) bond motifs is 3. The summed E-state index contributed by atoms with van der Waals surface area (Å²) in [6.45, 7) is 0. The second-order valence-electron chi connectivity index (χ2n) is 4.31. The molecule has 0 aliphatic heterocycles. The van der Waals surface area contributed by atoms with E-state index in [4.69, 9.17) is 5.73 Å². The van der Waals surface area contributed by atoms with Crippen molar-refractivity contribution in [3.05, 3.63) is 29.5 Å². The van der Waals surface area contributed by atoms with Crippen molar-refractivity contribution in [2.24, 2.45) is 5.73 Å². The van der Waals surface area contributed by atoms with E-state index in [2.05, 4.69) is 4.98 Å². The van der Waals surface area contributed by atoms with Crippen LogP contribution in [0.3, 0.4) is 0 Å². The fourth-order valence-electron chi connectivity index (χ4n) is 2.44. The average molecular weight is 239 g/mol. The Morgan fingerprint density at radius 1 is 1.38 bits per heavy atom. The van der Waals surface area contributed by atoms with Gasteiger partial charge in [-0.3, -0.25) is 0 Å². The summed E-state index contributed by atoms with van der Waals surface area (Å²) in [4.78, 5) is 3.36. The number of phenols is 1. The van der Waals surface area contributed by atoms with Crippen molar-refractivity contribution >= 4 is 23.3 Å². The molecular weight excluding hydrogens is 224 g/mol. The van der Waals surface area contributed by atoms with Crippen LogP contribution < -0.4 is 5.73 Å². The van der Waals surface area contributed by atoms with Gasteiger partial charge in [0.15, 0.2) is 0 Å². The molecule has 86 valence electrons. The second kappa shape index (κ2) is 4.00. The van der Waals surface area contributed by atoms with Crippen molar-refractivity contribution in [1.82, 2.24) is 4.98 Å². The van der Waals surface area contributed by atoms with Gasteiger partial charge in [0.2, 0.25) is 0 Å². The highest BCUT2D eigenvalue weighted by atomic mass is 35.5. The topological polar surface area (TPSA) is 62.0 Å². The van der Waals surface area contributed by atoms with Gasteiger partial charge in [-0.1, -0.05) is 0 Å². The maximum Gasteiger partial charge on any atom is 0.117 e. The van der Waals surface area contributed by atoms with Gasteiger partial charge in [-0.2, -0.15) is 0 Å². The monoisotopic (exact) mass is 238 g/mol. The first-order valence-electron chi connectivity index (χ1n) is 5.32. The third-order valence-electron chi connectivity index (χ3n) is 3.21. The van der Waals surface area contributed by atoms with Gasteiger partial charge < -0.3 is 15.8 Å². The number of hydrogen-bond donors (Lipinski definition) is 3. The maximum absolute atomic E-state index is 9.40. The molecule has 1 aliphatic rings. The Morgan fingerprint density at radius 2 is 2.19 bits per heavy atom. The molecule has 0 amide bonds. The van der Waals surface area contributed by atoms with Gasteiger partial charge in [0.05, 0.1) is 0 Å². The third-order valence-corrected chi connectivity index (χ3v) is 3.21. The minimum absolute atomic E-state index is 0. The summed E-state index contributed by atoms with van der Waals surface area (Å²) < 4.78 is 0. The zero-order valence-corrected chi connectivity index (χ0v) is 9.68. The molecule has 1 aromatic heterocycles. The minimum Gasteiger partial charge on any atom is -0.508 e.